The number of benzene rings is 1. The Kier molecular flexibility index (Phi) is 3.60. The van der Waals surface area contributed by atoms with E-state index in [0.717, 1.165) is 36.8 Å². The fourth-order valence-corrected chi connectivity index (χ4v) is 3.50. The molecule has 1 aliphatic heterocycles. The standard InChI is InChI=1S/C18H22N2O3/c1-12-11-15(12)16-19-20-17(23-16)18(7-9-22-10-8-18)13-3-5-14(21-2)6-4-13/h3-6,12,15H,7-11H2,1-2H3/t12-,15-/m1/s1. The minimum atomic E-state index is -0.242. The van der Waals surface area contributed by atoms with Gasteiger partial charge in [0.05, 0.1) is 12.5 Å². The van der Waals surface area contributed by atoms with Crippen molar-refractivity contribution >= 4 is 0 Å². The van der Waals surface area contributed by atoms with Gasteiger partial charge in [-0.2, -0.15) is 0 Å². The van der Waals surface area contributed by atoms with Crippen molar-refractivity contribution in [3.63, 3.8) is 0 Å². The van der Waals surface area contributed by atoms with Gasteiger partial charge in [-0.25, -0.2) is 0 Å². The maximum Gasteiger partial charge on any atom is 0.227 e. The first-order valence-electron chi connectivity index (χ1n) is 8.29. The third kappa shape index (κ3) is 2.53. The Hall–Kier alpha value is -1.88. The van der Waals surface area contributed by atoms with E-state index in [0.29, 0.717) is 25.0 Å². The van der Waals surface area contributed by atoms with Crippen LogP contribution in [0.5, 0.6) is 5.75 Å². The van der Waals surface area contributed by atoms with E-state index in [1.165, 1.54) is 5.56 Å². The van der Waals surface area contributed by atoms with Crippen molar-refractivity contribution in [2.45, 2.75) is 37.5 Å². The Morgan fingerprint density at radius 2 is 1.83 bits per heavy atom. The van der Waals surface area contributed by atoms with Crippen molar-refractivity contribution in [1.29, 1.82) is 0 Å². The van der Waals surface area contributed by atoms with Gasteiger partial charge in [-0.3, -0.25) is 0 Å². The normalized spacial score (nSPS) is 26.0. The maximum atomic E-state index is 6.12. The molecule has 5 heteroatoms. The van der Waals surface area contributed by atoms with E-state index in [1.807, 2.05) is 12.1 Å². The van der Waals surface area contributed by atoms with Crippen LogP contribution in [0.2, 0.25) is 0 Å². The molecule has 2 aliphatic rings. The average Bonchev–Trinajstić information content (AvgIpc) is 3.13. The molecule has 1 aliphatic carbocycles. The highest BCUT2D eigenvalue weighted by Crippen LogP contribution is 2.48. The number of ether oxygens (including phenoxy) is 2. The maximum absolute atomic E-state index is 6.12. The fraction of sp³-hybridized carbons (Fsp3) is 0.556. The van der Waals surface area contributed by atoms with Crippen LogP contribution < -0.4 is 4.74 Å². The van der Waals surface area contributed by atoms with Crippen molar-refractivity contribution in [3.8, 4) is 5.75 Å². The predicted molar refractivity (Wildman–Crippen MR) is 84.6 cm³/mol. The molecule has 1 saturated heterocycles. The van der Waals surface area contributed by atoms with Crippen LogP contribution in [-0.4, -0.2) is 30.5 Å². The van der Waals surface area contributed by atoms with Gasteiger partial charge in [-0.05, 0) is 42.9 Å². The van der Waals surface area contributed by atoms with Crippen LogP contribution in [0.3, 0.4) is 0 Å². The van der Waals surface area contributed by atoms with Gasteiger partial charge in [0.2, 0.25) is 11.8 Å². The van der Waals surface area contributed by atoms with Gasteiger partial charge in [-0.15, -0.1) is 10.2 Å². The molecule has 122 valence electrons. The van der Waals surface area contributed by atoms with Crippen LogP contribution >= 0.6 is 0 Å². The first-order valence-corrected chi connectivity index (χ1v) is 8.29. The summed E-state index contributed by atoms with van der Waals surface area (Å²) in [5.74, 6) is 3.50. The zero-order chi connectivity index (χ0) is 15.9. The third-order valence-corrected chi connectivity index (χ3v) is 5.27. The predicted octanol–water partition coefficient (Wildman–Crippen LogP) is 3.30. The first-order chi connectivity index (χ1) is 11.2. The molecule has 5 nitrogen and oxygen atoms in total. The molecule has 1 saturated carbocycles. The summed E-state index contributed by atoms with van der Waals surface area (Å²) in [6, 6.07) is 8.20. The van der Waals surface area contributed by atoms with Gasteiger partial charge in [0.25, 0.3) is 0 Å². The molecule has 0 spiro atoms. The number of aromatic nitrogens is 2. The Morgan fingerprint density at radius 3 is 2.43 bits per heavy atom. The highest BCUT2D eigenvalue weighted by molar-refractivity contribution is 5.37. The molecule has 2 atom stereocenters. The van der Waals surface area contributed by atoms with Gasteiger partial charge in [0.15, 0.2) is 0 Å². The van der Waals surface area contributed by atoms with Crippen LogP contribution in [0, 0.1) is 5.92 Å². The minimum Gasteiger partial charge on any atom is -0.497 e. The zero-order valence-electron chi connectivity index (χ0n) is 13.6. The molecule has 0 unspecified atom stereocenters. The van der Waals surface area contributed by atoms with Gasteiger partial charge in [-0.1, -0.05) is 19.1 Å². The van der Waals surface area contributed by atoms with E-state index in [4.69, 9.17) is 13.9 Å². The number of methoxy groups -OCH3 is 1. The Balaban J connectivity index is 1.71. The molecule has 2 heterocycles. The van der Waals surface area contributed by atoms with Crippen LogP contribution in [-0.2, 0) is 10.2 Å². The van der Waals surface area contributed by atoms with E-state index < -0.39 is 0 Å². The van der Waals surface area contributed by atoms with E-state index >= 15 is 0 Å². The third-order valence-electron chi connectivity index (χ3n) is 5.27. The summed E-state index contributed by atoms with van der Waals surface area (Å²) in [7, 11) is 1.68. The summed E-state index contributed by atoms with van der Waals surface area (Å²) in [6.07, 6.45) is 2.88. The highest BCUT2D eigenvalue weighted by Gasteiger charge is 2.44. The summed E-state index contributed by atoms with van der Waals surface area (Å²) in [4.78, 5) is 0. The highest BCUT2D eigenvalue weighted by atomic mass is 16.5. The van der Waals surface area contributed by atoms with E-state index in [-0.39, 0.29) is 5.41 Å². The summed E-state index contributed by atoms with van der Waals surface area (Å²) in [5, 5.41) is 8.75. The molecule has 23 heavy (non-hydrogen) atoms. The van der Waals surface area contributed by atoms with Crippen molar-refractivity contribution < 1.29 is 13.9 Å². The van der Waals surface area contributed by atoms with E-state index in [2.05, 4.69) is 29.3 Å². The topological polar surface area (TPSA) is 57.4 Å². The SMILES string of the molecule is COc1ccc(C2(c3nnc([C@@H]4C[C@H]4C)o3)CCOCC2)cc1. The lowest BCUT2D eigenvalue weighted by molar-refractivity contribution is 0.0540. The fourth-order valence-electron chi connectivity index (χ4n) is 3.50. The zero-order valence-corrected chi connectivity index (χ0v) is 13.6. The van der Waals surface area contributed by atoms with Gasteiger partial charge in [0, 0.05) is 19.1 Å². The molecule has 2 aromatic rings. The number of hydrogen-bond acceptors (Lipinski definition) is 5. The van der Waals surface area contributed by atoms with Crippen molar-refractivity contribution in [1.82, 2.24) is 10.2 Å². The Morgan fingerprint density at radius 1 is 1.13 bits per heavy atom. The van der Waals surface area contributed by atoms with Crippen LogP contribution in [0.25, 0.3) is 0 Å². The Bertz CT molecular complexity index is 674. The lowest BCUT2D eigenvalue weighted by atomic mass is 9.74. The molecule has 0 bridgehead atoms. The lowest BCUT2D eigenvalue weighted by Gasteiger charge is -2.34. The quantitative estimate of drug-likeness (QED) is 0.866. The van der Waals surface area contributed by atoms with Gasteiger partial charge in [0.1, 0.15) is 5.75 Å². The second-order valence-corrected chi connectivity index (χ2v) is 6.69. The molecule has 2 fully saturated rings. The van der Waals surface area contributed by atoms with Crippen molar-refractivity contribution in [2.75, 3.05) is 20.3 Å². The summed E-state index contributed by atoms with van der Waals surface area (Å²) < 4.78 is 17.0. The second kappa shape index (κ2) is 5.64. The molecule has 0 amide bonds. The number of hydrogen-bond donors (Lipinski definition) is 0. The van der Waals surface area contributed by atoms with Crippen LogP contribution in [0.4, 0.5) is 0 Å². The van der Waals surface area contributed by atoms with Gasteiger partial charge < -0.3 is 13.9 Å². The van der Waals surface area contributed by atoms with Gasteiger partial charge >= 0.3 is 0 Å². The molecule has 1 aromatic heterocycles. The summed E-state index contributed by atoms with van der Waals surface area (Å²) >= 11 is 0. The summed E-state index contributed by atoms with van der Waals surface area (Å²) in [5.41, 5.74) is 0.953. The van der Waals surface area contributed by atoms with E-state index in [9.17, 15) is 0 Å². The largest absolute Gasteiger partial charge is 0.497 e. The number of rotatable bonds is 4. The molecular formula is C18H22N2O3. The average molecular weight is 314 g/mol. The van der Waals surface area contributed by atoms with Crippen molar-refractivity contribution in [2.24, 2.45) is 5.92 Å². The number of nitrogens with zero attached hydrogens (tertiary/aromatic N) is 2. The Labute approximate surface area is 136 Å². The van der Waals surface area contributed by atoms with E-state index in [1.54, 1.807) is 7.11 Å². The molecule has 0 N–H and O–H groups in total. The van der Waals surface area contributed by atoms with Crippen LogP contribution in [0.1, 0.15) is 49.4 Å². The lowest BCUT2D eigenvalue weighted by Crippen LogP contribution is -2.35. The van der Waals surface area contributed by atoms with Crippen LogP contribution in [0.15, 0.2) is 28.7 Å². The minimum absolute atomic E-state index is 0.242. The first kappa shape index (κ1) is 14.7. The molecule has 1 aromatic carbocycles. The monoisotopic (exact) mass is 314 g/mol. The smallest absolute Gasteiger partial charge is 0.227 e. The summed E-state index contributed by atoms with van der Waals surface area (Å²) in [6.45, 7) is 3.65. The molecule has 0 radical (unpaired) electrons. The second-order valence-electron chi connectivity index (χ2n) is 6.69. The van der Waals surface area contributed by atoms with Crippen molar-refractivity contribution in [3.05, 3.63) is 41.6 Å². The molecular weight excluding hydrogens is 292 g/mol. The molecule has 4 rings (SSSR count).